The number of hydrogen-bond acceptors (Lipinski definition) is 4. The minimum Gasteiger partial charge on any atom is -0.512 e. The summed E-state index contributed by atoms with van der Waals surface area (Å²) in [5.41, 5.74) is 7.34. The van der Waals surface area contributed by atoms with Crippen LogP contribution in [-0.2, 0) is 30.3 Å². The molecule has 32 heavy (non-hydrogen) atoms. The Labute approximate surface area is 203 Å². The van der Waals surface area contributed by atoms with Gasteiger partial charge in [0, 0.05) is 43.0 Å². The van der Waals surface area contributed by atoms with Gasteiger partial charge in [0.15, 0.2) is 5.78 Å². The fourth-order valence-electron chi connectivity index (χ4n) is 4.19. The molecule has 1 radical (unpaired) electrons. The van der Waals surface area contributed by atoms with Gasteiger partial charge in [0.1, 0.15) is 0 Å². The Kier molecular flexibility index (Phi) is 6.23. The van der Waals surface area contributed by atoms with E-state index in [1.807, 2.05) is 18.2 Å². The molecule has 1 aromatic heterocycles. The zero-order valence-corrected chi connectivity index (χ0v) is 21.1. The van der Waals surface area contributed by atoms with Crippen LogP contribution >= 0.6 is 0 Å². The maximum Gasteiger partial charge on any atom is 0.155 e. The predicted octanol–water partition coefficient (Wildman–Crippen LogP) is 6.23. The van der Waals surface area contributed by atoms with Crippen LogP contribution in [0, 0.1) is 13.0 Å². The first-order valence-corrected chi connectivity index (χ1v) is 10.2. The number of para-hydroxylation sites is 1. The molecule has 1 N–H and O–H groups in total. The summed E-state index contributed by atoms with van der Waals surface area (Å²) in [7, 11) is 0. The van der Waals surface area contributed by atoms with Crippen molar-refractivity contribution < 1.29 is 31.4 Å². The number of carbonyl (C=O) groups excluding carboxylic acids is 1. The summed E-state index contributed by atoms with van der Waals surface area (Å²) in [6, 6.07) is 19.9. The monoisotopic (exact) mass is 603 g/mol. The molecule has 5 rings (SSSR count). The van der Waals surface area contributed by atoms with Crippen LogP contribution in [0.1, 0.15) is 45.9 Å². The molecular weight excluding hydrogens is 577 g/mol. The van der Waals surface area contributed by atoms with Gasteiger partial charge < -0.3 is 5.11 Å². The van der Waals surface area contributed by atoms with Crippen LogP contribution in [0.4, 0.5) is 0 Å². The quantitative estimate of drug-likeness (QED) is 0.159. The third-order valence-electron chi connectivity index (χ3n) is 5.59. The van der Waals surface area contributed by atoms with Gasteiger partial charge in [-0.1, -0.05) is 55.1 Å². The molecule has 0 unspecified atom stereocenters. The van der Waals surface area contributed by atoms with Gasteiger partial charge in [-0.25, -0.2) is 0 Å². The van der Waals surface area contributed by atoms with Gasteiger partial charge in [-0.05, 0) is 32.4 Å². The molecule has 0 bridgehead atoms. The Hall–Kier alpha value is -2.88. The SMILES string of the molecule is Cc1cccc2nc3c(nc12)C(C)(C)c1cccc2cc[c-]c-3c12.[2H]/C(C(C)=O)=C(\C)O.[Ir]. The van der Waals surface area contributed by atoms with E-state index in [2.05, 4.69) is 57.2 Å². The van der Waals surface area contributed by atoms with Crippen molar-refractivity contribution in [3.63, 3.8) is 0 Å². The van der Waals surface area contributed by atoms with Gasteiger partial charge in [0.05, 0.1) is 18.2 Å². The van der Waals surface area contributed by atoms with E-state index in [4.69, 9.17) is 16.4 Å². The first-order valence-electron chi connectivity index (χ1n) is 10.7. The molecule has 1 heterocycles. The summed E-state index contributed by atoms with van der Waals surface area (Å²) in [4.78, 5) is 20.3. The molecule has 1 aliphatic carbocycles. The van der Waals surface area contributed by atoms with Crippen molar-refractivity contribution in [1.82, 2.24) is 9.97 Å². The van der Waals surface area contributed by atoms with Crippen molar-refractivity contribution in [1.29, 1.82) is 0 Å². The number of ketones is 1. The fourth-order valence-corrected chi connectivity index (χ4v) is 4.19. The summed E-state index contributed by atoms with van der Waals surface area (Å²) in [6.45, 7) is 9.14. The summed E-state index contributed by atoms with van der Waals surface area (Å²) in [6.07, 6.45) is 0. The number of aliphatic hydroxyl groups is 1. The number of fused-ring (bicyclic) bond motifs is 3. The number of hydrogen-bond donors (Lipinski definition) is 1. The Morgan fingerprint density at radius 1 is 1.12 bits per heavy atom. The van der Waals surface area contributed by atoms with Crippen molar-refractivity contribution in [2.75, 3.05) is 0 Å². The second kappa shape index (κ2) is 8.93. The zero-order chi connectivity index (χ0) is 23.2. The van der Waals surface area contributed by atoms with Crippen LogP contribution < -0.4 is 0 Å². The maximum atomic E-state index is 10.2. The Morgan fingerprint density at radius 3 is 2.50 bits per heavy atom. The average Bonchev–Trinajstić information content (AvgIpc) is 2.76. The average molecular weight is 603 g/mol. The van der Waals surface area contributed by atoms with Gasteiger partial charge in [0.2, 0.25) is 0 Å². The standard InChI is InChI=1S/C22H17N2.C5H8O2.Ir/c1-13-7-4-12-17-19(13)24-21-20(23-17)15-10-5-8-14-9-6-11-16(18(14)15)22(21,2)3;1-4(6)3-5(2)7;/h4-9,11-12H,1-3H3;3,6H,1-2H3;/q-1;;/b;4-3-;/i;3D;. The van der Waals surface area contributed by atoms with E-state index >= 15 is 0 Å². The van der Waals surface area contributed by atoms with E-state index in [1.54, 1.807) is 0 Å². The van der Waals surface area contributed by atoms with Crippen LogP contribution in [0.15, 0.2) is 60.3 Å². The van der Waals surface area contributed by atoms with E-state index in [-0.39, 0.29) is 37.3 Å². The van der Waals surface area contributed by atoms with E-state index in [0.29, 0.717) is 0 Å². The number of aryl methyl sites for hydroxylation is 1. The first-order chi connectivity index (χ1) is 15.1. The molecule has 4 nitrogen and oxygen atoms in total. The number of aliphatic hydroxyl groups excluding tert-OH is 1. The van der Waals surface area contributed by atoms with Gasteiger partial charge in [-0.15, -0.1) is 29.1 Å². The molecule has 0 aliphatic heterocycles. The Morgan fingerprint density at radius 2 is 1.84 bits per heavy atom. The van der Waals surface area contributed by atoms with E-state index in [1.165, 1.54) is 35.7 Å². The molecule has 165 valence electrons. The van der Waals surface area contributed by atoms with Crippen molar-refractivity contribution in [2.45, 2.75) is 40.0 Å². The number of aromatic nitrogens is 2. The Bertz CT molecular complexity index is 1420. The molecule has 0 atom stereocenters. The predicted molar refractivity (Wildman–Crippen MR) is 125 cm³/mol. The number of carbonyl (C=O) groups is 1. The second-order valence-corrected chi connectivity index (χ2v) is 8.38. The molecule has 3 aromatic carbocycles. The number of nitrogens with zero attached hydrogens (tertiary/aromatic N) is 2. The maximum absolute atomic E-state index is 10.2. The van der Waals surface area contributed by atoms with Crippen molar-refractivity contribution in [3.05, 3.63) is 83.2 Å². The summed E-state index contributed by atoms with van der Waals surface area (Å²) in [5, 5.41) is 11.0. The Balaban J connectivity index is 0.000000297. The van der Waals surface area contributed by atoms with E-state index < -0.39 is 5.78 Å². The smallest absolute Gasteiger partial charge is 0.155 e. The number of benzene rings is 3. The first kappa shape index (κ1) is 22.3. The van der Waals surface area contributed by atoms with Crippen LogP contribution in [-0.4, -0.2) is 20.9 Å². The number of allylic oxidation sites excluding steroid dienone is 2. The molecule has 4 aromatic rings. The van der Waals surface area contributed by atoms with Gasteiger partial charge in [-0.3, -0.25) is 14.8 Å². The van der Waals surface area contributed by atoms with E-state index in [9.17, 15) is 4.79 Å². The zero-order valence-electron chi connectivity index (χ0n) is 19.7. The topological polar surface area (TPSA) is 63.1 Å². The largest absolute Gasteiger partial charge is 0.512 e. The van der Waals surface area contributed by atoms with Crippen molar-refractivity contribution >= 4 is 27.6 Å². The number of rotatable bonds is 1. The molecule has 5 heteroatoms. The molecule has 0 spiro atoms. The molecule has 0 fully saturated rings. The van der Waals surface area contributed by atoms with Crippen molar-refractivity contribution in [2.24, 2.45) is 0 Å². The fraction of sp³-hybridized carbons (Fsp3) is 0.222. The molecule has 0 amide bonds. The normalized spacial score (nSPS) is 14.3. The minimum atomic E-state index is -0.412. The third-order valence-corrected chi connectivity index (χ3v) is 5.59. The van der Waals surface area contributed by atoms with Crippen LogP contribution in [0.25, 0.3) is 33.1 Å². The molecule has 1 aliphatic rings. The van der Waals surface area contributed by atoms with E-state index in [0.717, 1.165) is 28.0 Å². The summed E-state index contributed by atoms with van der Waals surface area (Å²) >= 11 is 0. The molecule has 0 saturated heterocycles. The van der Waals surface area contributed by atoms with Gasteiger partial charge >= 0.3 is 0 Å². The van der Waals surface area contributed by atoms with Crippen LogP contribution in [0.2, 0.25) is 0 Å². The third kappa shape index (κ3) is 4.11. The minimum absolute atomic E-state index is 0. The van der Waals surface area contributed by atoms with Crippen LogP contribution in [0.5, 0.6) is 0 Å². The second-order valence-electron chi connectivity index (χ2n) is 8.38. The summed E-state index contributed by atoms with van der Waals surface area (Å²) < 4.78 is 6.76. The summed E-state index contributed by atoms with van der Waals surface area (Å²) in [5.74, 6) is -0.637. The molecular formula is C27H25IrN2O2-. The van der Waals surface area contributed by atoms with Crippen molar-refractivity contribution in [3.8, 4) is 11.3 Å². The van der Waals surface area contributed by atoms with Gasteiger partial charge in [0.25, 0.3) is 0 Å². The van der Waals surface area contributed by atoms with Crippen LogP contribution in [0.3, 0.4) is 0 Å². The molecule has 0 saturated carbocycles. The van der Waals surface area contributed by atoms with Gasteiger partial charge in [-0.2, -0.15) is 0 Å².